The largest absolute Gasteiger partial charge is 0.481 e. The van der Waals surface area contributed by atoms with Gasteiger partial charge in [0, 0.05) is 5.92 Å². The Morgan fingerprint density at radius 1 is 0.962 bits per heavy atom. The van der Waals surface area contributed by atoms with E-state index in [-0.39, 0.29) is 17.3 Å². The first-order valence-corrected chi connectivity index (χ1v) is 10.3. The summed E-state index contributed by atoms with van der Waals surface area (Å²) in [5.41, 5.74) is -2.23. The quantitative estimate of drug-likeness (QED) is 0.719. The molecule has 144 valence electrons. The van der Waals surface area contributed by atoms with Crippen LogP contribution in [0.3, 0.4) is 0 Å². The summed E-state index contributed by atoms with van der Waals surface area (Å²) in [7, 11) is 0. The van der Waals surface area contributed by atoms with Gasteiger partial charge in [0.25, 0.3) is 0 Å². The minimum absolute atomic E-state index is 0.0957. The van der Waals surface area contributed by atoms with Crippen molar-refractivity contribution in [3.8, 4) is 0 Å². The fraction of sp³-hybridized carbons (Fsp3) is 0.818. The van der Waals surface area contributed by atoms with Crippen LogP contribution in [0.2, 0.25) is 0 Å². The van der Waals surface area contributed by atoms with Crippen LogP contribution in [0.25, 0.3) is 0 Å². The van der Waals surface area contributed by atoms with Crippen molar-refractivity contribution in [3.63, 3.8) is 0 Å². The van der Waals surface area contributed by atoms with Crippen LogP contribution in [0.5, 0.6) is 0 Å². The fourth-order valence-electron chi connectivity index (χ4n) is 8.18. The molecule has 0 spiro atoms. The zero-order valence-corrected chi connectivity index (χ0v) is 16.2. The van der Waals surface area contributed by atoms with E-state index in [1.165, 1.54) is 19.3 Å². The van der Waals surface area contributed by atoms with Crippen molar-refractivity contribution >= 4 is 11.9 Å². The molecule has 0 saturated heterocycles. The Hall–Kier alpha value is -1.32. The van der Waals surface area contributed by atoms with Crippen molar-refractivity contribution in [1.82, 2.24) is 0 Å². The first-order valence-electron chi connectivity index (χ1n) is 10.3. The van der Waals surface area contributed by atoms with Crippen LogP contribution in [-0.2, 0) is 9.59 Å². The van der Waals surface area contributed by atoms with E-state index in [9.17, 15) is 19.8 Å². The zero-order chi connectivity index (χ0) is 18.9. The van der Waals surface area contributed by atoms with Crippen molar-refractivity contribution in [3.05, 3.63) is 12.2 Å². The van der Waals surface area contributed by atoms with Gasteiger partial charge in [0.2, 0.25) is 0 Å². The Bertz CT molecular complexity index is 628. The van der Waals surface area contributed by atoms with Crippen LogP contribution in [0.4, 0.5) is 0 Å². The van der Waals surface area contributed by atoms with Gasteiger partial charge in [-0.25, -0.2) is 0 Å². The number of carbonyl (C=O) groups is 2. The standard InChI is InChI=1S/C22H32O4/c1-13(2)22(19(25)26)6-4-5-20(3,18(23)24)17(22)21-10-14-7-15(11-21)9-16(8-14)12-21/h4-5,13-17H,6-12H2,1-3H3,(H,23,24)(H,25,26). The highest BCUT2D eigenvalue weighted by molar-refractivity contribution is 5.83. The number of allylic oxidation sites excluding steroid dienone is 1. The van der Waals surface area contributed by atoms with Gasteiger partial charge in [-0.15, -0.1) is 0 Å². The summed E-state index contributed by atoms with van der Waals surface area (Å²) in [6.45, 7) is 5.74. The van der Waals surface area contributed by atoms with Crippen molar-refractivity contribution < 1.29 is 19.8 Å². The summed E-state index contributed by atoms with van der Waals surface area (Å²) in [6.07, 6.45) is 11.0. The van der Waals surface area contributed by atoms with E-state index in [4.69, 9.17) is 0 Å². The van der Waals surface area contributed by atoms with Gasteiger partial charge in [0.05, 0.1) is 10.8 Å². The van der Waals surface area contributed by atoms with Crippen LogP contribution in [0, 0.1) is 45.8 Å². The maximum Gasteiger partial charge on any atom is 0.313 e. The minimum Gasteiger partial charge on any atom is -0.481 e. The van der Waals surface area contributed by atoms with E-state index in [2.05, 4.69) is 0 Å². The molecule has 5 aliphatic rings. The first kappa shape index (κ1) is 18.1. The fourth-order valence-corrected chi connectivity index (χ4v) is 8.18. The molecule has 5 rings (SSSR count). The third-order valence-electron chi connectivity index (χ3n) is 8.62. The number of rotatable bonds is 4. The molecule has 3 unspecified atom stereocenters. The third kappa shape index (κ3) is 2.20. The molecule has 5 aliphatic carbocycles. The highest BCUT2D eigenvalue weighted by Gasteiger charge is 2.68. The lowest BCUT2D eigenvalue weighted by atomic mass is 9.37. The maximum absolute atomic E-state index is 12.7. The maximum atomic E-state index is 12.7. The third-order valence-corrected chi connectivity index (χ3v) is 8.62. The van der Waals surface area contributed by atoms with E-state index in [0.29, 0.717) is 24.2 Å². The van der Waals surface area contributed by atoms with Gasteiger partial charge >= 0.3 is 11.9 Å². The first-order chi connectivity index (χ1) is 12.1. The second-order valence-electron chi connectivity index (χ2n) is 10.4. The molecule has 0 aromatic rings. The van der Waals surface area contributed by atoms with E-state index >= 15 is 0 Å². The molecule has 0 amide bonds. The van der Waals surface area contributed by atoms with E-state index in [1.54, 1.807) is 6.92 Å². The van der Waals surface area contributed by atoms with Gasteiger partial charge in [-0.2, -0.15) is 0 Å². The molecular weight excluding hydrogens is 328 g/mol. The molecule has 4 bridgehead atoms. The Kier molecular flexibility index (Phi) is 3.88. The zero-order valence-electron chi connectivity index (χ0n) is 16.2. The van der Waals surface area contributed by atoms with Gasteiger partial charge in [-0.1, -0.05) is 26.0 Å². The molecule has 3 atom stereocenters. The summed E-state index contributed by atoms with van der Waals surface area (Å²) >= 11 is 0. The average molecular weight is 360 g/mol. The van der Waals surface area contributed by atoms with Gasteiger partial charge in [-0.05, 0) is 81.0 Å². The molecule has 4 saturated carbocycles. The molecule has 0 aromatic carbocycles. The lowest BCUT2D eigenvalue weighted by Crippen LogP contribution is -2.63. The van der Waals surface area contributed by atoms with Crippen LogP contribution in [0.15, 0.2) is 12.2 Å². The van der Waals surface area contributed by atoms with Crippen molar-refractivity contribution in [1.29, 1.82) is 0 Å². The summed E-state index contributed by atoms with van der Waals surface area (Å²) in [5, 5.41) is 20.6. The van der Waals surface area contributed by atoms with E-state index < -0.39 is 22.8 Å². The summed E-state index contributed by atoms with van der Waals surface area (Å²) < 4.78 is 0. The Morgan fingerprint density at radius 2 is 1.46 bits per heavy atom. The lowest BCUT2D eigenvalue weighted by Gasteiger charge is -2.65. The normalized spacial score (nSPS) is 49.5. The van der Waals surface area contributed by atoms with E-state index in [0.717, 1.165) is 19.3 Å². The van der Waals surface area contributed by atoms with Gasteiger partial charge in [0.1, 0.15) is 0 Å². The average Bonchev–Trinajstić information content (AvgIpc) is 2.52. The van der Waals surface area contributed by atoms with E-state index in [1.807, 2.05) is 26.0 Å². The number of carboxylic acid groups (broad SMARTS) is 2. The van der Waals surface area contributed by atoms with Crippen molar-refractivity contribution in [2.24, 2.45) is 45.8 Å². The number of hydrogen-bond donors (Lipinski definition) is 2. The topological polar surface area (TPSA) is 74.6 Å². The second-order valence-corrected chi connectivity index (χ2v) is 10.4. The lowest BCUT2D eigenvalue weighted by molar-refractivity contribution is -0.199. The Labute approximate surface area is 156 Å². The van der Waals surface area contributed by atoms with Gasteiger partial charge in [-0.3, -0.25) is 9.59 Å². The number of aliphatic carboxylic acids is 2. The highest BCUT2D eigenvalue weighted by Crippen LogP contribution is 2.70. The molecule has 0 radical (unpaired) electrons. The van der Waals surface area contributed by atoms with Crippen LogP contribution >= 0.6 is 0 Å². The minimum atomic E-state index is -1.10. The van der Waals surface area contributed by atoms with Crippen molar-refractivity contribution in [2.45, 2.75) is 65.7 Å². The SMILES string of the molecule is CC(C)C1(C(=O)O)CC=CC(C)(C(=O)O)C1C12CC3CC(CC(C3)C1)C2. The van der Waals surface area contributed by atoms with Crippen LogP contribution in [-0.4, -0.2) is 22.2 Å². The molecule has 0 heterocycles. The molecule has 4 heteroatoms. The molecule has 26 heavy (non-hydrogen) atoms. The monoisotopic (exact) mass is 360 g/mol. The molecule has 4 fully saturated rings. The summed E-state index contributed by atoms with van der Waals surface area (Å²) in [5.74, 6) is -0.0837. The Morgan fingerprint density at radius 3 is 1.85 bits per heavy atom. The van der Waals surface area contributed by atoms with Crippen LogP contribution in [0.1, 0.15) is 65.7 Å². The second kappa shape index (κ2) is 5.59. The predicted octanol–water partition coefficient (Wildman–Crippen LogP) is 4.60. The van der Waals surface area contributed by atoms with Crippen LogP contribution < -0.4 is 0 Å². The summed E-state index contributed by atoms with van der Waals surface area (Å²) in [6, 6.07) is 0. The molecule has 0 aromatic heterocycles. The Balaban J connectivity index is 1.91. The molecular formula is C22H32O4. The molecule has 4 nitrogen and oxygen atoms in total. The molecule has 2 N–H and O–H groups in total. The van der Waals surface area contributed by atoms with Gasteiger partial charge in [0.15, 0.2) is 0 Å². The smallest absolute Gasteiger partial charge is 0.313 e. The van der Waals surface area contributed by atoms with Crippen molar-refractivity contribution in [2.75, 3.05) is 0 Å². The predicted molar refractivity (Wildman–Crippen MR) is 98.5 cm³/mol. The van der Waals surface area contributed by atoms with Gasteiger partial charge < -0.3 is 10.2 Å². The molecule has 0 aliphatic heterocycles. The number of carboxylic acids is 2. The summed E-state index contributed by atoms with van der Waals surface area (Å²) in [4.78, 5) is 25.2. The highest BCUT2D eigenvalue weighted by atomic mass is 16.4. The number of hydrogen-bond acceptors (Lipinski definition) is 2.